The van der Waals surface area contributed by atoms with E-state index in [0.717, 1.165) is 25.0 Å². The first-order valence-electron chi connectivity index (χ1n) is 10.9. The molecule has 1 aromatic rings. The summed E-state index contributed by atoms with van der Waals surface area (Å²) in [5, 5.41) is 5.83. The largest absolute Gasteiger partial charge is 0.462 e. The number of nitrogens with one attached hydrogen (secondary N) is 2. The van der Waals surface area contributed by atoms with Gasteiger partial charge in [-0.3, -0.25) is 0 Å². The second kappa shape index (κ2) is 10.4. The van der Waals surface area contributed by atoms with E-state index in [2.05, 4.69) is 10.6 Å². The first-order chi connectivity index (χ1) is 14.8. The molecule has 1 amide bonds. The first-order valence-corrected chi connectivity index (χ1v) is 10.9. The lowest BCUT2D eigenvalue weighted by Gasteiger charge is -2.34. The van der Waals surface area contributed by atoms with Gasteiger partial charge in [-0.05, 0) is 84.4 Å². The van der Waals surface area contributed by atoms with Crippen molar-refractivity contribution >= 4 is 17.7 Å². The van der Waals surface area contributed by atoms with Gasteiger partial charge in [0.25, 0.3) is 0 Å². The molecule has 0 radical (unpaired) electrons. The highest BCUT2D eigenvalue weighted by molar-refractivity contribution is 5.91. The van der Waals surface area contributed by atoms with Crippen LogP contribution in [0.25, 0.3) is 0 Å². The van der Waals surface area contributed by atoms with Crippen molar-refractivity contribution in [2.75, 3.05) is 11.9 Å². The molecule has 2 rings (SSSR count). The number of amides is 1. The Balaban J connectivity index is 2.03. The zero-order chi connectivity index (χ0) is 24.1. The fourth-order valence-electron chi connectivity index (χ4n) is 3.85. The van der Waals surface area contributed by atoms with Gasteiger partial charge in [0.15, 0.2) is 0 Å². The summed E-state index contributed by atoms with van der Waals surface area (Å²) in [6, 6.07) is 2.96. The minimum Gasteiger partial charge on any atom is -0.462 e. The Labute approximate surface area is 187 Å². The maximum absolute atomic E-state index is 13.5. The van der Waals surface area contributed by atoms with Crippen LogP contribution < -0.4 is 10.6 Å². The second-order valence-electron chi connectivity index (χ2n) is 9.17. The Bertz CT molecular complexity index is 797. The van der Waals surface area contributed by atoms with Gasteiger partial charge >= 0.3 is 18.2 Å². The summed E-state index contributed by atoms with van der Waals surface area (Å²) >= 11 is 0. The Morgan fingerprint density at radius 1 is 1.12 bits per heavy atom. The SMILES string of the molecule is CCOC(=O)c1ccc(C(F)(F)F)c(NC(C)[C@H]2CC[C@H](NC(=O)OC(C)(C)C)CC2)c1. The lowest BCUT2D eigenvalue weighted by molar-refractivity contribution is -0.137. The third kappa shape index (κ3) is 7.60. The monoisotopic (exact) mass is 458 g/mol. The molecular weight excluding hydrogens is 425 g/mol. The second-order valence-corrected chi connectivity index (χ2v) is 9.17. The quantitative estimate of drug-likeness (QED) is 0.530. The van der Waals surface area contributed by atoms with E-state index in [0.29, 0.717) is 12.8 Å². The van der Waals surface area contributed by atoms with Gasteiger partial charge < -0.3 is 20.1 Å². The molecule has 6 nitrogen and oxygen atoms in total. The summed E-state index contributed by atoms with van der Waals surface area (Å²) in [6.45, 7) is 9.00. The first kappa shape index (κ1) is 25.8. The van der Waals surface area contributed by atoms with Gasteiger partial charge in [-0.1, -0.05) is 0 Å². The molecule has 32 heavy (non-hydrogen) atoms. The summed E-state index contributed by atoms with van der Waals surface area (Å²) in [5.74, 6) is -0.537. The van der Waals surface area contributed by atoms with Crippen molar-refractivity contribution in [3.05, 3.63) is 29.3 Å². The molecule has 1 aliphatic carbocycles. The molecule has 1 fully saturated rings. The summed E-state index contributed by atoms with van der Waals surface area (Å²) in [7, 11) is 0. The summed E-state index contributed by atoms with van der Waals surface area (Å²) in [5.41, 5.74) is -1.46. The zero-order valence-electron chi connectivity index (χ0n) is 19.3. The maximum Gasteiger partial charge on any atom is 0.418 e. The molecule has 1 saturated carbocycles. The standard InChI is InChI=1S/C23H33F3N2O4/c1-6-31-20(29)16-9-12-18(23(24,25)26)19(13-16)27-14(2)15-7-10-17(11-8-15)28-21(30)32-22(3,4)5/h9,12-15,17,27H,6-8,10-11H2,1-5H3,(H,28,30)/t14?,15-,17-. The van der Waals surface area contributed by atoms with Gasteiger partial charge in [-0.25, -0.2) is 9.59 Å². The Hall–Kier alpha value is -2.45. The number of ether oxygens (including phenoxy) is 2. The van der Waals surface area contributed by atoms with Crippen molar-refractivity contribution in [3.63, 3.8) is 0 Å². The molecule has 9 heteroatoms. The van der Waals surface area contributed by atoms with E-state index in [4.69, 9.17) is 9.47 Å². The van der Waals surface area contributed by atoms with E-state index >= 15 is 0 Å². The Morgan fingerprint density at radius 3 is 2.28 bits per heavy atom. The highest BCUT2D eigenvalue weighted by Gasteiger charge is 2.35. The van der Waals surface area contributed by atoms with Crippen molar-refractivity contribution < 1.29 is 32.2 Å². The van der Waals surface area contributed by atoms with E-state index in [-0.39, 0.29) is 35.9 Å². The van der Waals surface area contributed by atoms with Crippen LogP contribution in [0.2, 0.25) is 0 Å². The molecule has 1 aliphatic rings. The average molecular weight is 459 g/mol. The van der Waals surface area contributed by atoms with Crippen molar-refractivity contribution in [2.45, 2.75) is 84.2 Å². The predicted molar refractivity (Wildman–Crippen MR) is 116 cm³/mol. The lowest BCUT2D eigenvalue weighted by atomic mass is 9.82. The number of rotatable bonds is 6. The molecule has 1 unspecified atom stereocenters. The maximum atomic E-state index is 13.5. The average Bonchev–Trinajstić information content (AvgIpc) is 2.66. The van der Waals surface area contributed by atoms with E-state index in [1.165, 1.54) is 6.07 Å². The van der Waals surface area contributed by atoms with Crippen molar-refractivity contribution in [3.8, 4) is 0 Å². The molecule has 0 aliphatic heterocycles. The van der Waals surface area contributed by atoms with Crippen LogP contribution in [-0.4, -0.2) is 36.4 Å². The number of alkyl carbamates (subject to hydrolysis) is 1. The van der Waals surface area contributed by atoms with Crippen LogP contribution in [0.3, 0.4) is 0 Å². The summed E-state index contributed by atoms with van der Waals surface area (Å²) in [6.07, 6.45) is -2.10. The topological polar surface area (TPSA) is 76.7 Å². The fourth-order valence-corrected chi connectivity index (χ4v) is 3.85. The van der Waals surface area contributed by atoms with E-state index in [1.807, 2.05) is 6.92 Å². The van der Waals surface area contributed by atoms with Crippen LogP contribution in [0, 0.1) is 5.92 Å². The molecule has 0 heterocycles. The number of carbonyl (C=O) groups excluding carboxylic acids is 2. The molecule has 0 spiro atoms. The number of benzene rings is 1. The molecule has 1 atom stereocenters. The normalized spacial score (nSPS) is 20.2. The van der Waals surface area contributed by atoms with Gasteiger partial charge in [0.05, 0.1) is 17.7 Å². The Kier molecular flexibility index (Phi) is 8.42. The highest BCUT2D eigenvalue weighted by atomic mass is 19.4. The molecule has 180 valence electrons. The number of anilines is 1. The van der Waals surface area contributed by atoms with Crippen molar-refractivity contribution in [2.24, 2.45) is 5.92 Å². The smallest absolute Gasteiger partial charge is 0.418 e. The molecule has 2 N–H and O–H groups in total. The number of hydrogen-bond donors (Lipinski definition) is 2. The number of esters is 1. The minimum absolute atomic E-state index is 0.0221. The highest BCUT2D eigenvalue weighted by Crippen LogP contribution is 2.37. The number of hydrogen-bond acceptors (Lipinski definition) is 5. The van der Waals surface area contributed by atoms with Crippen molar-refractivity contribution in [1.29, 1.82) is 0 Å². The van der Waals surface area contributed by atoms with Gasteiger partial charge in [-0.15, -0.1) is 0 Å². The van der Waals surface area contributed by atoms with Crippen LogP contribution in [-0.2, 0) is 15.7 Å². The molecule has 1 aromatic carbocycles. The minimum atomic E-state index is -4.55. The number of halogens is 3. The lowest BCUT2D eigenvalue weighted by Crippen LogP contribution is -2.42. The predicted octanol–water partition coefficient (Wildman–Crippen LogP) is 5.77. The van der Waals surface area contributed by atoms with Crippen LogP contribution in [0.4, 0.5) is 23.7 Å². The van der Waals surface area contributed by atoms with Gasteiger partial charge in [0.2, 0.25) is 0 Å². The Morgan fingerprint density at radius 2 is 1.75 bits per heavy atom. The van der Waals surface area contributed by atoms with Gasteiger partial charge in [-0.2, -0.15) is 13.2 Å². The number of alkyl halides is 3. The molecule has 0 bridgehead atoms. The van der Waals surface area contributed by atoms with E-state index in [9.17, 15) is 22.8 Å². The van der Waals surface area contributed by atoms with Gasteiger partial charge in [0.1, 0.15) is 5.60 Å². The van der Waals surface area contributed by atoms with Crippen LogP contribution in [0.5, 0.6) is 0 Å². The third-order valence-corrected chi connectivity index (χ3v) is 5.42. The molecule has 0 saturated heterocycles. The number of carbonyl (C=O) groups is 2. The van der Waals surface area contributed by atoms with Gasteiger partial charge in [0, 0.05) is 17.8 Å². The molecule has 0 aromatic heterocycles. The van der Waals surface area contributed by atoms with Crippen LogP contribution >= 0.6 is 0 Å². The zero-order valence-corrected chi connectivity index (χ0v) is 19.3. The summed E-state index contributed by atoms with van der Waals surface area (Å²) in [4.78, 5) is 23.9. The summed E-state index contributed by atoms with van der Waals surface area (Å²) < 4.78 is 50.7. The van der Waals surface area contributed by atoms with Crippen LogP contribution in [0.1, 0.15) is 76.2 Å². The fraction of sp³-hybridized carbons (Fsp3) is 0.652. The van der Waals surface area contributed by atoms with Crippen molar-refractivity contribution in [1.82, 2.24) is 5.32 Å². The van der Waals surface area contributed by atoms with E-state index < -0.39 is 29.4 Å². The van der Waals surface area contributed by atoms with Crippen LogP contribution in [0.15, 0.2) is 18.2 Å². The molecular formula is C23H33F3N2O4. The third-order valence-electron chi connectivity index (χ3n) is 5.42. The van der Waals surface area contributed by atoms with E-state index in [1.54, 1.807) is 27.7 Å².